The Kier molecular flexibility index (Phi) is 3.83. The first-order valence-corrected chi connectivity index (χ1v) is 5.97. The quantitative estimate of drug-likeness (QED) is 0.773. The highest BCUT2D eigenvalue weighted by molar-refractivity contribution is 5.36. The predicted octanol–water partition coefficient (Wildman–Crippen LogP) is 2.80. The predicted molar refractivity (Wildman–Crippen MR) is 66.5 cm³/mol. The normalized spacial score (nSPS) is 17.4. The van der Waals surface area contributed by atoms with Gasteiger partial charge in [0.15, 0.2) is 0 Å². The van der Waals surface area contributed by atoms with Crippen molar-refractivity contribution in [3.63, 3.8) is 0 Å². The molecule has 0 bridgehead atoms. The molecule has 2 heteroatoms. The number of hydrogen-bond acceptors (Lipinski definition) is 2. The summed E-state index contributed by atoms with van der Waals surface area (Å²) in [5, 5.41) is 0. The zero-order chi connectivity index (χ0) is 11.4. The van der Waals surface area contributed by atoms with Crippen LogP contribution in [0.3, 0.4) is 0 Å². The molecular formula is C14H20NO. The lowest BCUT2D eigenvalue weighted by Crippen LogP contribution is -2.29. The molecule has 0 spiro atoms. The van der Waals surface area contributed by atoms with Gasteiger partial charge in [-0.1, -0.05) is 12.1 Å². The van der Waals surface area contributed by atoms with Gasteiger partial charge in [-0.2, -0.15) is 0 Å². The minimum Gasteiger partial charge on any atom is -0.496 e. The van der Waals surface area contributed by atoms with Crippen LogP contribution < -0.4 is 4.74 Å². The fourth-order valence-electron chi connectivity index (χ4n) is 2.26. The molecule has 0 aliphatic carbocycles. The number of methoxy groups -OCH3 is 1. The van der Waals surface area contributed by atoms with Crippen LogP contribution >= 0.6 is 0 Å². The second-order valence-corrected chi connectivity index (χ2v) is 4.45. The highest BCUT2D eigenvalue weighted by Gasteiger charge is 2.10. The van der Waals surface area contributed by atoms with Crippen LogP contribution in [0.25, 0.3) is 0 Å². The first kappa shape index (κ1) is 11.5. The molecule has 0 atom stereocenters. The molecule has 1 aromatic carbocycles. The van der Waals surface area contributed by atoms with Crippen molar-refractivity contribution in [3.05, 3.63) is 35.7 Å². The SMILES string of the molecule is COc1ccc(CN2CC[CH]CC2)cc1C. The van der Waals surface area contributed by atoms with Gasteiger partial charge in [0.05, 0.1) is 7.11 Å². The van der Waals surface area contributed by atoms with Crippen LogP contribution in [-0.2, 0) is 6.54 Å². The van der Waals surface area contributed by atoms with E-state index in [0.717, 1.165) is 12.3 Å². The zero-order valence-corrected chi connectivity index (χ0v) is 10.2. The second-order valence-electron chi connectivity index (χ2n) is 4.45. The van der Waals surface area contributed by atoms with Crippen molar-refractivity contribution < 1.29 is 4.74 Å². The van der Waals surface area contributed by atoms with Crippen molar-refractivity contribution >= 4 is 0 Å². The molecule has 1 aromatic rings. The molecule has 0 unspecified atom stereocenters. The molecule has 0 saturated carbocycles. The Hall–Kier alpha value is -1.02. The molecule has 1 saturated heterocycles. The average molecular weight is 218 g/mol. The van der Waals surface area contributed by atoms with Crippen LogP contribution in [0.2, 0.25) is 0 Å². The Morgan fingerprint density at radius 2 is 2.00 bits per heavy atom. The van der Waals surface area contributed by atoms with E-state index in [0.29, 0.717) is 0 Å². The average Bonchev–Trinajstić information content (AvgIpc) is 2.31. The molecule has 1 aliphatic heterocycles. The number of piperidine rings is 1. The van der Waals surface area contributed by atoms with Crippen LogP contribution in [-0.4, -0.2) is 25.1 Å². The van der Waals surface area contributed by atoms with E-state index in [1.807, 2.05) is 0 Å². The standard InChI is InChI=1S/C14H20NO/c1-12-10-13(6-7-14(12)16-2)11-15-8-4-3-5-9-15/h3,6-7,10H,4-5,8-9,11H2,1-2H3. The van der Waals surface area contributed by atoms with E-state index in [2.05, 4.69) is 36.4 Å². The summed E-state index contributed by atoms with van der Waals surface area (Å²) >= 11 is 0. The Morgan fingerprint density at radius 1 is 1.25 bits per heavy atom. The molecule has 1 heterocycles. The first-order valence-electron chi connectivity index (χ1n) is 5.97. The summed E-state index contributed by atoms with van der Waals surface area (Å²) in [6, 6.07) is 6.47. The third-order valence-corrected chi connectivity index (χ3v) is 3.16. The van der Waals surface area contributed by atoms with Crippen molar-refractivity contribution in [2.24, 2.45) is 0 Å². The van der Waals surface area contributed by atoms with Crippen molar-refractivity contribution in [2.45, 2.75) is 26.3 Å². The fraction of sp³-hybridized carbons (Fsp3) is 0.500. The number of benzene rings is 1. The Morgan fingerprint density at radius 3 is 2.62 bits per heavy atom. The maximum absolute atomic E-state index is 5.27. The van der Waals surface area contributed by atoms with Gasteiger partial charge in [-0.15, -0.1) is 0 Å². The van der Waals surface area contributed by atoms with E-state index in [-0.39, 0.29) is 0 Å². The van der Waals surface area contributed by atoms with Gasteiger partial charge in [-0.25, -0.2) is 0 Å². The van der Waals surface area contributed by atoms with Gasteiger partial charge >= 0.3 is 0 Å². The van der Waals surface area contributed by atoms with Crippen LogP contribution in [0.5, 0.6) is 5.75 Å². The van der Waals surface area contributed by atoms with E-state index in [1.165, 1.54) is 37.1 Å². The van der Waals surface area contributed by atoms with Crippen LogP contribution in [0.1, 0.15) is 24.0 Å². The zero-order valence-electron chi connectivity index (χ0n) is 10.2. The molecule has 1 fully saturated rings. The molecule has 87 valence electrons. The van der Waals surface area contributed by atoms with Gasteiger partial charge in [-0.05, 0) is 56.5 Å². The number of aryl methyl sites for hydroxylation is 1. The van der Waals surface area contributed by atoms with Gasteiger partial charge in [0.1, 0.15) is 5.75 Å². The Balaban J connectivity index is 2.01. The molecule has 0 amide bonds. The fourth-order valence-corrected chi connectivity index (χ4v) is 2.26. The first-order chi connectivity index (χ1) is 7.79. The number of likely N-dealkylation sites (tertiary alicyclic amines) is 1. The van der Waals surface area contributed by atoms with Crippen molar-refractivity contribution in [1.29, 1.82) is 0 Å². The summed E-state index contributed by atoms with van der Waals surface area (Å²) in [6.45, 7) is 5.57. The molecule has 0 aromatic heterocycles. The highest BCUT2D eigenvalue weighted by atomic mass is 16.5. The van der Waals surface area contributed by atoms with Gasteiger partial charge < -0.3 is 4.74 Å². The van der Waals surface area contributed by atoms with Gasteiger partial charge in [0.2, 0.25) is 0 Å². The summed E-state index contributed by atoms with van der Waals surface area (Å²) in [6.07, 6.45) is 4.85. The van der Waals surface area contributed by atoms with Crippen LogP contribution in [0.4, 0.5) is 0 Å². The van der Waals surface area contributed by atoms with Gasteiger partial charge in [0, 0.05) is 6.54 Å². The van der Waals surface area contributed by atoms with E-state index < -0.39 is 0 Å². The summed E-state index contributed by atoms with van der Waals surface area (Å²) in [4.78, 5) is 2.52. The lowest BCUT2D eigenvalue weighted by Gasteiger charge is -2.26. The lowest BCUT2D eigenvalue weighted by atomic mass is 10.1. The monoisotopic (exact) mass is 218 g/mol. The van der Waals surface area contributed by atoms with E-state index in [4.69, 9.17) is 4.74 Å². The topological polar surface area (TPSA) is 12.5 Å². The van der Waals surface area contributed by atoms with E-state index in [1.54, 1.807) is 7.11 Å². The summed E-state index contributed by atoms with van der Waals surface area (Å²) in [7, 11) is 1.72. The van der Waals surface area contributed by atoms with Crippen molar-refractivity contribution in [2.75, 3.05) is 20.2 Å². The summed E-state index contributed by atoms with van der Waals surface area (Å²) in [5.41, 5.74) is 2.61. The number of rotatable bonds is 3. The summed E-state index contributed by atoms with van der Waals surface area (Å²) < 4.78 is 5.27. The van der Waals surface area contributed by atoms with Crippen LogP contribution in [0, 0.1) is 13.3 Å². The summed E-state index contributed by atoms with van der Waals surface area (Å²) in [5.74, 6) is 0.982. The van der Waals surface area contributed by atoms with Crippen molar-refractivity contribution in [1.82, 2.24) is 4.90 Å². The molecular weight excluding hydrogens is 198 g/mol. The number of nitrogens with zero attached hydrogens (tertiary/aromatic N) is 1. The molecule has 2 rings (SSSR count). The molecule has 0 N–H and O–H groups in total. The number of ether oxygens (including phenoxy) is 1. The number of hydrogen-bond donors (Lipinski definition) is 0. The molecule has 16 heavy (non-hydrogen) atoms. The largest absolute Gasteiger partial charge is 0.496 e. The molecule has 1 radical (unpaired) electrons. The van der Waals surface area contributed by atoms with E-state index in [9.17, 15) is 0 Å². The lowest BCUT2D eigenvalue weighted by molar-refractivity contribution is 0.246. The van der Waals surface area contributed by atoms with Gasteiger partial charge in [0.25, 0.3) is 0 Å². The maximum atomic E-state index is 5.27. The Labute approximate surface area is 98.2 Å². The molecule has 1 aliphatic rings. The minimum absolute atomic E-state index is 0.982. The van der Waals surface area contributed by atoms with Crippen molar-refractivity contribution in [3.8, 4) is 5.75 Å². The van der Waals surface area contributed by atoms with Crippen LogP contribution in [0.15, 0.2) is 18.2 Å². The van der Waals surface area contributed by atoms with Gasteiger partial charge in [-0.3, -0.25) is 4.90 Å². The third-order valence-electron chi connectivity index (χ3n) is 3.16. The third kappa shape index (κ3) is 2.76. The highest BCUT2D eigenvalue weighted by Crippen LogP contribution is 2.20. The smallest absolute Gasteiger partial charge is 0.121 e. The second kappa shape index (κ2) is 5.35. The van der Waals surface area contributed by atoms with E-state index >= 15 is 0 Å². The maximum Gasteiger partial charge on any atom is 0.121 e. The molecule has 2 nitrogen and oxygen atoms in total. The minimum atomic E-state index is 0.982. The Bertz CT molecular complexity index is 343.